The van der Waals surface area contributed by atoms with Crippen molar-refractivity contribution in [1.29, 1.82) is 0 Å². The zero-order chi connectivity index (χ0) is 20.4. The quantitative estimate of drug-likeness (QED) is 0.503. The molecule has 0 aliphatic heterocycles. The minimum Gasteiger partial charge on any atom is -0.324 e. The molecule has 0 aliphatic carbocycles. The minimum absolute atomic E-state index is 0.183. The topological polar surface area (TPSA) is 81.3 Å². The summed E-state index contributed by atoms with van der Waals surface area (Å²) < 4.78 is 3.49. The van der Waals surface area contributed by atoms with Crippen molar-refractivity contribution in [2.75, 3.05) is 5.32 Å². The van der Waals surface area contributed by atoms with Crippen LogP contribution in [0.2, 0.25) is 0 Å². The van der Waals surface area contributed by atoms with E-state index in [1.807, 2.05) is 36.4 Å². The van der Waals surface area contributed by atoms with Crippen LogP contribution in [0.25, 0.3) is 16.8 Å². The lowest BCUT2D eigenvalue weighted by Crippen LogP contribution is -2.30. The second-order valence-electron chi connectivity index (χ2n) is 6.56. The van der Waals surface area contributed by atoms with E-state index in [4.69, 9.17) is 0 Å². The number of nitrogens with zero attached hydrogens (tertiary/aromatic N) is 4. The molecule has 2 aromatic carbocycles. The molecule has 0 saturated heterocycles. The molecule has 29 heavy (non-hydrogen) atoms. The normalized spacial score (nSPS) is 11.0. The highest BCUT2D eigenvalue weighted by Crippen LogP contribution is 2.19. The lowest BCUT2D eigenvalue weighted by Gasteiger charge is -2.06. The van der Waals surface area contributed by atoms with E-state index in [0.29, 0.717) is 16.9 Å². The molecule has 0 aliphatic rings. The molecule has 4 aromatic rings. The molecule has 0 spiro atoms. The van der Waals surface area contributed by atoms with Crippen LogP contribution in [0.5, 0.6) is 0 Å². The fourth-order valence-electron chi connectivity index (χ4n) is 2.97. The SMILES string of the molecule is CCc1ccc(-c2cc3c(=O)n(CC(=O)Nc4ccc(Br)cc4)ncn3n2)cc1. The number of hydrogen-bond acceptors (Lipinski definition) is 4. The molecular weight excluding hydrogens is 434 g/mol. The fraction of sp³-hybridized carbons (Fsp3) is 0.143. The second-order valence-corrected chi connectivity index (χ2v) is 7.47. The van der Waals surface area contributed by atoms with Crippen LogP contribution < -0.4 is 10.9 Å². The Morgan fingerprint density at radius 2 is 1.83 bits per heavy atom. The van der Waals surface area contributed by atoms with Crippen molar-refractivity contribution >= 4 is 33.0 Å². The molecule has 146 valence electrons. The van der Waals surface area contributed by atoms with Gasteiger partial charge in [0.05, 0.1) is 5.69 Å². The zero-order valence-corrected chi connectivity index (χ0v) is 17.3. The molecule has 0 unspecified atom stereocenters. The molecule has 2 aromatic heterocycles. The van der Waals surface area contributed by atoms with Crippen molar-refractivity contribution in [3.05, 3.63) is 81.3 Å². The Hall–Kier alpha value is -3.26. The molecule has 4 rings (SSSR count). The summed E-state index contributed by atoms with van der Waals surface area (Å²) in [6.07, 6.45) is 2.40. The standard InChI is InChI=1S/C21H18BrN5O2/c1-2-14-3-5-15(6-4-14)18-11-19-21(29)26(23-13-27(19)25-18)12-20(28)24-17-9-7-16(22)8-10-17/h3-11,13H,2,12H2,1H3,(H,24,28). The van der Waals surface area contributed by atoms with Crippen molar-refractivity contribution in [2.24, 2.45) is 0 Å². The van der Waals surface area contributed by atoms with Gasteiger partial charge >= 0.3 is 0 Å². The third kappa shape index (κ3) is 4.12. The van der Waals surface area contributed by atoms with Gasteiger partial charge in [-0.05, 0) is 42.3 Å². The molecule has 0 atom stereocenters. The number of amides is 1. The highest BCUT2D eigenvalue weighted by atomic mass is 79.9. The van der Waals surface area contributed by atoms with Gasteiger partial charge in [-0.25, -0.2) is 9.20 Å². The highest BCUT2D eigenvalue weighted by molar-refractivity contribution is 9.10. The summed E-state index contributed by atoms with van der Waals surface area (Å²) >= 11 is 3.35. The summed E-state index contributed by atoms with van der Waals surface area (Å²) in [6, 6.07) is 17.0. The molecule has 1 amide bonds. The molecule has 8 heteroatoms. The number of benzene rings is 2. The van der Waals surface area contributed by atoms with E-state index in [9.17, 15) is 9.59 Å². The zero-order valence-electron chi connectivity index (χ0n) is 15.7. The van der Waals surface area contributed by atoms with Gasteiger partial charge in [0.2, 0.25) is 5.91 Å². The monoisotopic (exact) mass is 451 g/mol. The Balaban J connectivity index is 1.57. The van der Waals surface area contributed by atoms with E-state index in [-0.39, 0.29) is 18.0 Å². The Labute approximate surface area is 175 Å². The van der Waals surface area contributed by atoms with E-state index < -0.39 is 0 Å². The first kappa shape index (κ1) is 19.1. The Bertz CT molecular complexity index is 1230. The lowest BCUT2D eigenvalue weighted by atomic mass is 10.1. The smallest absolute Gasteiger partial charge is 0.293 e. The van der Waals surface area contributed by atoms with Crippen molar-refractivity contribution in [3.63, 3.8) is 0 Å². The van der Waals surface area contributed by atoms with Gasteiger partial charge in [0.15, 0.2) is 0 Å². The van der Waals surface area contributed by atoms with Crippen LogP contribution in [-0.4, -0.2) is 25.3 Å². The van der Waals surface area contributed by atoms with Crippen molar-refractivity contribution in [1.82, 2.24) is 19.4 Å². The van der Waals surface area contributed by atoms with Crippen LogP contribution >= 0.6 is 15.9 Å². The van der Waals surface area contributed by atoms with Crippen molar-refractivity contribution in [2.45, 2.75) is 19.9 Å². The van der Waals surface area contributed by atoms with Crippen LogP contribution in [0.15, 0.2) is 70.2 Å². The molecule has 1 N–H and O–H groups in total. The van der Waals surface area contributed by atoms with E-state index in [2.05, 4.69) is 38.4 Å². The van der Waals surface area contributed by atoms with Crippen LogP contribution in [0, 0.1) is 0 Å². The van der Waals surface area contributed by atoms with Crippen LogP contribution in [0.4, 0.5) is 5.69 Å². The third-order valence-electron chi connectivity index (χ3n) is 4.57. The molecular formula is C21H18BrN5O2. The van der Waals surface area contributed by atoms with Gasteiger partial charge in [-0.2, -0.15) is 10.2 Å². The van der Waals surface area contributed by atoms with Crippen LogP contribution in [-0.2, 0) is 17.8 Å². The first-order chi connectivity index (χ1) is 14.0. The number of halogens is 1. The van der Waals surface area contributed by atoms with Gasteiger partial charge in [-0.1, -0.05) is 47.1 Å². The summed E-state index contributed by atoms with van der Waals surface area (Å²) in [5, 5.41) is 11.3. The summed E-state index contributed by atoms with van der Waals surface area (Å²) in [5.74, 6) is -0.332. The maximum Gasteiger partial charge on any atom is 0.293 e. The largest absolute Gasteiger partial charge is 0.324 e. The Morgan fingerprint density at radius 1 is 1.10 bits per heavy atom. The number of carbonyl (C=O) groups excluding carboxylic acids is 1. The number of nitrogens with one attached hydrogen (secondary N) is 1. The number of anilines is 1. The Morgan fingerprint density at radius 3 is 2.52 bits per heavy atom. The molecule has 0 bridgehead atoms. The molecule has 0 fully saturated rings. The summed E-state index contributed by atoms with van der Waals surface area (Å²) in [4.78, 5) is 25.1. The molecule has 7 nitrogen and oxygen atoms in total. The van der Waals surface area contributed by atoms with Gasteiger partial charge in [0, 0.05) is 15.7 Å². The predicted octanol–water partition coefficient (Wildman–Crippen LogP) is 3.52. The van der Waals surface area contributed by atoms with E-state index in [1.54, 1.807) is 18.2 Å². The molecule has 0 saturated carbocycles. The maximum atomic E-state index is 12.8. The van der Waals surface area contributed by atoms with E-state index in [0.717, 1.165) is 21.1 Å². The first-order valence-corrected chi connectivity index (χ1v) is 9.93. The van der Waals surface area contributed by atoms with Gasteiger partial charge in [0.1, 0.15) is 18.4 Å². The van der Waals surface area contributed by atoms with E-state index >= 15 is 0 Å². The predicted molar refractivity (Wildman–Crippen MR) is 115 cm³/mol. The number of rotatable bonds is 5. The van der Waals surface area contributed by atoms with Crippen molar-refractivity contribution in [3.8, 4) is 11.3 Å². The van der Waals surface area contributed by atoms with Crippen LogP contribution in [0.3, 0.4) is 0 Å². The average Bonchev–Trinajstić information content (AvgIpc) is 3.17. The number of hydrogen-bond donors (Lipinski definition) is 1. The van der Waals surface area contributed by atoms with Gasteiger partial charge in [-0.3, -0.25) is 9.59 Å². The fourth-order valence-corrected chi connectivity index (χ4v) is 3.24. The molecule has 0 radical (unpaired) electrons. The number of aryl methyl sites for hydroxylation is 1. The summed E-state index contributed by atoms with van der Waals surface area (Å²) in [7, 11) is 0. The maximum absolute atomic E-state index is 12.8. The number of carbonyl (C=O) groups is 1. The molecule has 2 heterocycles. The van der Waals surface area contributed by atoms with Gasteiger partial charge in [0.25, 0.3) is 5.56 Å². The minimum atomic E-state index is -0.373. The van der Waals surface area contributed by atoms with Gasteiger partial charge in [-0.15, -0.1) is 0 Å². The van der Waals surface area contributed by atoms with Crippen LogP contribution in [0.1, 0.15) is 12.5 Å². The Kier molecular flexibility index (Phi) is 5.26. The number of aromatic nitrogens is 4. The van der Waals surface area contributed by atoms with Crippen molar-refractivity contribution < 1.29 is 4.79 Å². The average molecular weight is 452 g/mol. The highest BCUT2D eigenvalue weighted by Gasteiger charge is 2.12. The number of fused-ring (bicyclic) bond motifs is 1. The van der Waals surface area contributed by atoms with Gasteiger partial charge < -0.3 is 5.32 Å². The lowest BCUT2D eigenvalue weighted by molar-refractivity contribution is -0.117. The first-order valence-electron chi connectivity index (χ1n) is 9.13. The third-order valence-corrected chi connectivity index (χ3v) is 5.10. The second kappa shape index (κ2) is 8.00. The summed E-state index contributed by atoms with van der Waals surface area (Å²) in [6.45, 7) is 1.91. The van der Waals surface area contributed by atoms with E-state index in [1.165, 1.54) is 16.4 Å². The summed E-state index contributed by atoms with van der Waals surface area (Å²) in [5.41, 5.74) is 3.48.